The topological polar surface area (TPSA) is 50.8 Å². The maximum atomic E-state index is 13.4. The van der Waals surface area contributed by atoms with Crippen LogP contribution < -0.4 is 10.1 Å². The molecule has 1 heterocycles. The van der Waals surface area contributed by atoms with Gasteiger partial charge in [-0.25, -0.2) is 0 Å². The predicted octanol–water partition coefficient (Wildman–Crippen LogP) is 5.48. The molecule has 0 spiro atoms. The molecule has 0 radical (unpaired) electrons. The summed E-state index contributed by atoms with van der Waals surface area (Å²) in [7, 11) is 1.69. The van der Waals surface area contributed by atoms with Gasteiger partial charge in [-0.1, -0.05) is 79.7 Å². The molecule has 5 nitrogen and oxygen atoms in total. The molecule has 0 saturated carbocycles. The van der Waals surface area contributed by atoms with Crippen LogP contribution in [0.5, 0.6) is 5.75 Å². The van der Waals surface area contributed by atoms with Crippen LogP contribution in [0.15, 0.2) is 78.9 Å². The molecule has 1 fully saturated rings. The van der Waals surface area contributed by atoms with Crippen LogP contribution in [0.25, 0.3) is 11.1 Å². The molecule has 3 aromatic carbocycles. The number of hydrogen-bond acceptors (Lipinski definition) is 4. The molecule has 4 rings (SSSR count). The van der Waals surface area contributed by atoms with Crippen molar-refractivity contribution in [2.45, 2.75) is 44.8 Å². The van der Waals surface area contributed by atoms with E-state index in [0.29, 0.717) is 19.6 Å². The molecule has 36 heavy (non-hydrogen) atoms. The van der Waals surface area contributed by atoms with E-state index in [2.05, 4.69) is 65.7 Å². The fraction of sp³-hybridized carbons (Fsp3) is 0.387. The zero-order valence-electron chi connectivity index (χ0n) is 21.5. The van der Waals surface area contributed by atoms with Crippen molar-refractivity contribution >= 4 is 5.91 Å². The van der Waals surface area contributed by atoms with E-state index in [-0.39, 0.29) is 5.91 Å². The van der Waals surface area contributed by atoms with E-state index in [1.807, 2.05) is 30.3 Å². The first-order valence-corrected chi connectivity index (χ1v) is 13.0. The highest BCUT2D eigenvalue weighted by Gasteiger charge is 2.42. The average molecular weight is 487 g/mol. The predicted molar refractivity (Wildman–Crippen MR) is 145 cm³/mol. The number of rotatable bonds is 12. The maximum Gasteiger partial charge on any atom is 0.252 e. The highest BCUT2D eigenvalue weighted by atomic mass is 16.5. The second-order valence-corrected chi connectivity index (χ2v) is 9.49. The van der Waals surface area contributed by atoms with E-state index >= 15 is 0 Å². The van der Waals surface area contributed by atoms with Gasteiger partial charge in [-0.3, -0.25) is 9.69 Å². The number of ether oxygens (including phenoxy) is 2. The van der Waals surface area contributed by atoms with Crippen LogP contribution in [0.2, 0.25) is 0 Å². The summed E-state index contributed by atoms with van der Waals surface area (Å²) >= 11 is 0. The molecule has 1 atom stereocenters. The Morgan fingerprint density at radius 1 is 1.03 bits per heavy atom. The Hall–Kier alpha value is -3.15. The van der Waals surface area contributed by atoms with Crippen molar-refractivity contribution in [3.8, 4) is 16.9 Å². The number of benzene rings is 3. The minimum atomic E-state index is -0.798. The highest BCUT2D eigenvalue weighted by molar-refractivity contribution is 5.86. The fourth-order valence-corrected chi connectivity index (χ4v) is 5.01. The summed E-state index contributed by atoms with van der Waals surface area (Å²) < 4.78 is 11.7. The third-order valence-electron chi connectivity index (χ3n) is 6.98. The molecule has 190 valence electrons. The molecule has 0 unspecified atom stereocenters. The summed E-state index contributed by atoms with van der Waals surface area (Å²) in [5.41, 5.74) is 3.74. The van der Waals surface area contributed by atoms with Gasteiger partial charge in [0.25, 0.3) is 5.91 Å². The molecular formula is C31H38N2O3. The molecule has 0 aliphatic carbocycles. The summed E-state index contributed by atoms with van der Waals surface area (Å²) in [6.45, 7) is 6.32. The number of carbonyl (C=O) groups excluding carboxylic acids is 1. The van der Waals surface area contributed by atoms with E-state index in [1.54, 1.807) is 7.11 Å². The molecule has 0 aromatic heterocycles. The average Bonchev–Trinajstić information content (AvgIpc) is 3.40. The second-order valence-electron chi connectivity index (χ2n) is 9.49. The van der Waals surface area contributed by atoms with Crippen LogP contribution in [-0.4, -0.2) is 49.8 Å². The van der Waals surface area contributed by atoms with E-state index in [4.69, 9.17) is 9.47 Å². The minimum absolute atomic E-state index is 0.00815. The lowest BCUT2D eigenvalue weighted by atomic mass is 9.89. The molecule has 1 amide bonds. The Kier molecular flexibility index (Phi) is 9.15. The summed E-state index contributed by atoms with van der Waals surface area (Å²) in [6, 6.07) is 26.9. The standard InChI is InChI=1S/C31H38N2O3/c1-3-33(24-25-12-5-4-6-13-25)20-11-19-32-30(34)31(18-10-21-36-31)23-26-14-9-15-27(22-26)28-16-7-8-17-29(28)35-2/h4-9,12-17,22H,3,10-11,18-21,23-24H2,1-2H3,(H,32,34)/t31-/m0/s1. The van der Waals surface area contributed by atoms with Gasteiger partial charge in [0.1, 0.15) is 5.75 Å². The van der Waals surface area contributed by atoms with E-state index in [1.165, 1.54) is 5.56 Å². The smallest absolute Gasteiger partial charge is 0.252 e. The lowest BCUT2D eigenvalue weighted by Crippen LogP contribution is -2.48. The maximum absolute atomic E-state index is 13.4. The SMILES string of the molecule is CCN(CCCNC(=O)[C@@]1(Cc2cccc(-c3ccccc3OC)c2)CCCO1)Cc1ccccc1. The Bertz CT molecular complexity index is 1110. The van der Waals surface area contributed by atoms with Gasteiger partial charge < -0.3 is 14.8 Å². The first-order valence-electron chi connectivity index (χ1n) is 13.0. The second kappa shape index (κ2) is 12.7. The first kappa shape index (κ1) is 25.9. The van der Waals surface area contributed by atoms with Gasteiger partial charge in [-0.2, -0.15) is 0 Å². The first-order chi connectivity index (χ1) is 17.6. The third kappa shape index (κ3) is 6.54. The van der Waals surface area contributed by atoms with E-state index in [9.17, 15) is 4.79 Å². The number of nitrogens with one attached hydrogen (secondary N) is 1. The quantitative estimate of drug-likeness (QED) is 0.344. The molecule has 1 aliphatic heterocycles. The van der Waals surface area contributed by atoms with Crippen LogP contribution in [0, 0.1) is 0 Å². The Labute approximate surface area is 215 Å². The van der Waals surface area contributed by atoms with Crippen LogP contribution in [0.3, 0.4) is 0 Å². The zero-order valence-corrected chi connectivity index (χ0v) is 21.5. The minimum Gasteiger partial charge on any atom is -0.496 e. The summed E-state index contributed by atoms with van der Waals surface area (Å²) in [6.07, 6.45) is 3.12. The summed E-state index contributed by atoms with van der Waals surface area (Å²) in [5.74, 6) is 0.849. The number of amides is 1. The molecule has 1 saturated heterocycles. The lowest BCUT2D eigenvalue weighted by molar-refractivity contribution is -0.141. The van der Waals surface area contributed by atoms with Crippen LogP contribution >= 0.6 is 0 Å². The highest BCUT2D eigenvalue weighted by Crippen LogP contribution is 2.33. The molecule has 5 heteroatoms. The van der Waals surface area contributed by atoms with Crippen molar-refractivity contribution in [3.05, 3.63) is 90.0 Å². The molecule has 1 aliphatic rings. The van der Waals surface area contributed by atoms with Crippen LogP contribution in [0.4, 0.5) is 0 Å². The van der Waals surface area contributed by atoms with Gasteiger partial charge in [0, 0.05) is 38.2 Å². The number of hydrogen-bond donors (Lipinski definition) is 1. The number of carbonyl (C=O) groups is 1. The van der Waals surface area contributed by atoms with E-state index in [0.717, 1.165) is 61.3 Å². The van der Waals surface area contributed by atoms with E-state index < -0.39 is 5.60 Å². The van der Waals surface area contributed by atoms with Crippen molar-refractivity contribution < 1.29 is 14.3 Å². The summed E-state index contributed by atoms with van der Waals surface area (Å²) in [5, 5.41) is 3.18. The normalized spacial score (nSPS) is 17.3. The van der Waals surface area contributed by atoms with Crippen molar-refractivity contribution in [1.82, 2.24) is 10.2 Å². The Morgan fingerprint density at radius 3 is 2.56 bits per heavy atom. The summed E-state index contributed by atoms with van der Waals surface area (Å²) in [4.78, 5) is 15.8. The zero-order chi connectivity index (χ0) is 25.2. The van der Waals surface area contributed by atoms with Gasteiger partial charge in [0.15, 0.2) is 5.60 Å². The number of para-hydroxylation sites is 1. The van der Waals surface area contributed by atoms with Crippen molar-refractivity contribution in [1.29, 1.82) is 0 Å². The Morgan fingerprint density at radius 2 is 1.81 bits per heavy atom. The third-order valence-corrected chi connectivity index (χ3v) is 6.98. The number of nitrogens with zero attached hydrogens (tertiary/aromatic N) is 1. The molecule has 1 N–H and O–H groups in total. The van der Waals surface area contributed by atoms with Crippen LogP contribution in [-0.2, 0) is 22.5 Å². The van der Waals surface area contributed by atoms with Gasteiger partial charge >= 0.3 is 0 Å². The van der Waals surface area contributed by atoms with Gasteiger partial charge in [0.05, 0.1) is 7.11 Å². The van der Waals surface area contributed by atoms with Crippen LogP contribution in [0.1, 0.15) is 37.3 Å². The Balaban J connectivity index is 1.36. The van der Waals surface area contributed by atoms with Crippen molar-refractivity contribution in [2.24, 2.45) is 0 Å². The molecule has 0 bridgehead atoms. The molecule has 3 aromatic rings. The van der Waals surface area contributed by atoms with Gasteiger partial charge in [-0.15, -0.1) is 0 Å². The largest absolute Gasteiger partial charge is 0.496 e. The lowest BCUT2D eigenvalue weighted by Gasteiger charge is -2.28. The van der Waals surface area contributed by atoms with Crippen molar-refractivity contribution in [3.63, 3.8) is 0 Å². The number of methoxy groups -OCH3 is 1. The fourth-order valence-electron chi connectivity index (χ4n) is 5.01. The van der Waals surface area contributed by atoms with Gasteiger partial charge in [0.2, 0.25) is 0 Å². The van der Waals surface area contributed by atoms with Gasteiger partial charge in [-0.05, 0) is 48.6 Å². The monoisotopic (exact) mass is 486 g/mol. The molecular weight excluding hydrogens is 448 g/mol. The van der Waals surface area contributed by atoms with Crippen molar-refractivity contribution in [2.75, 3.05) is 33.4 Å².